The van der Waals surface area contributed by atoms with Crippen molar-refractivity contribution >= 4 is 11.9 Å². The van der Waals surface area contributed by atoms with Crippen molar-refractivity contribution in [3.05, 3.63) is 108 Å². The van der Waals surface area contributed by atoms with E-state index in [4.69, 9.17) is 4.74 Å². The Hall–Kier alpha value is -3.40. The van der Waals surface area contributed by atoms with Crippen molar-refractivity contribution in [2.45, 2.75) is 43.6 Å². The molecule has 33 heavy (non-hydrogen) atoms. The predicted molar refractivity (Wildman–Crippen MR) is 130 cm³/mol. The van der Waals surface area contributed by atoms with Crippen LogP contribution in [0.2, 0.25) is 0 Å². The maximum Gasteiger partial charge on any atom is 0.328 e. The first-order chi connectivity index (χ1) is 16.2. The minimum Gasteiger partial charge on any atom is -0.467 e. The van der Waals surface area contributed by atoms with E-state index in [9.17, 15) is 9.59 Å². The number of ether oxygens (including phenoxy) is 1. The molecule has 0 spiro atoms. The number of benzene rings is 3. The van der Waals surface area contributed by atoms with E-state index in [1.54, 1.807) is 0 Å². The third kappa shape index (κ3) is 4.56. The Kier molecular flexibility index (Phi) is 7.23. The van der Waals surface area contributed by atoms with Crippen molar-refractivity contribution in [2.24, 2.45) is 5.92 Å². The molecule has 1 aliphatic rings. The van der Waals surface area contributed by atoms with Crippen molar-refractivity contribution in [3.63, 3.8) is 0 Å². The summed E-state index contributed by atoms with van der Waals surface area (Å²) in [6.07, 6.45) is 5.12. The summed E-state index contributed by atoms with van der Waals surface area (Å²) in [5.41, 5.74) is 1.46. The van der Waals surface area contributed by atoms with Gasteiger partial charge in [0.25, 0.3) is 0 Å². The largest absolute Gasteiger partial charge is 0.467 e. The van der Waals surface area contributed by atoms with Gasteiger partial charge in [-0.25, -0.2) is 4.79 Å². The lowest BCUT2D eigenvalue weighted by atomic mass is 9.68. The second kappa shape index (κ2) is 10.5. The average molecular weight is 442 g/mol. The SMILES string of the molecule is COC(=O)[C@@H](NC(=O)C(c1ccccc1)(c1ccccc1)c1ccccc1)C1CCCCC1. The normalized spacial score (nSPS) is 15.4. The van der Waals surface area contributed by atoms with Crippen molar-refractivity contribution in [1.82, 2.24) is 5.32 Å². The number of carbonyl (C=O) groups is 2. The third-order valence-corrected chi connectivity index (χ3v) is 6.82. The summed E-state index contributed by atoms with van der Waals surface area (Å²) < 4.78 is 5.14. The minimum absolute atomic E-state index is 0.0789. The van der Waals surface area contributed by atoms with Crippen LogP contribution in [0.3, 0.4) is 0 Å². The zero-order valence-corrected chi connectivity index (χ0v) is 19.1. The fraction of sp³-hybridized carbons (Fsp3) is 0.310. The highest BCUT2D eigenvalue weighted by molar-refractivity contribution is 5.98. The lowest BCUT2D eigenvalue weighted by Gasteiger charge is -2.37. The highest BCUT2D eigenvalue weighted by Crippen LogP contribution is 2.40. The third-order valence-electron chi connectivity index (χ3n) is 6.82. The number of hydrogen-bond acceptors (Lipinski definition) is 3. The molecule has 170 valence electrons. The standard InChI is InChI=1S/C29H31NO3/c1-33-27(31)26(22-14-6-2-7-15-22)30-28(32)29(23-16-8-3-9-17-23,24-18-10-4-11-19-24)25-20-12-5-13-21-25/h3-5,8-13,16-22,26H,2,6-7,14-15H2,1H3,(H,30,32)/t26-/m0/s1. The highest BCUT2D eigenvalue weighted by Gasteiger charge is 2.46. The van der Waals surface area contributed by atoms with Crippen LogP contribution < -0.4 is 5.32 Å². The van der Waals surface area contributed by atoms with E-state index in [1.165, 1.54) is 13.5 Å². The molecular formula is C29H31NO3. The molecule has 4 heteroatoms. The van der Waals surface area contributed by atoms with Gasteiger partial charge in [-0.2, -0.15) is 0 Å². The fourth-order valence-corrected chi connectivity index (χ4v) is 5.17. The van der Waals surface area contributed by atoms with Crippen molar-refractivity contribution in [3.8, 4) is 0 Å². The molecule has 4 rings (SSSR count). The summed E-state index contributed by atoms with van der Waals surface area (Å²) in [6, 6.07) is 28.7. The molecule has 0 saturated heterocycles. The van der Waals surface area contributed by atoms with Gasteiger partial charge in [0.15, 0.2) is 0 Å². The van der Waals surface area contributed by atoms with Gasteiger partial charge in [-0.3, -0.25) is 4.79 Å². The molecular weight excluding hydrogens is 410 g/mol. The summed E-state index contributed by atoms with van der Waals surface area (Å²) in [4.78, 5) is 27.3. The maximum atomic E-state index is 14.4. The Bertz CT molecular complexity index is 947. The molecule has 1 fully saturated rings. The summed E-state index contributed by atoms with van der Waals surface area (Å²) >= 11 is 0. The van der Waals surface area contributed by atoms with Gasteiger partial charge in [0.2, 0.25) is 5.91 Å². The Morgan fingerprint density at radius 1 is 0.758 bits per heavy atom. The summed E-state index contributed by atoms with van der Waals surface area (Å²) in [5, 5.41) is 3.16. The minimum atomic E-state index is -1.11. The molecule has 1 N–H and O–H groups in total. The van der Waals surface area contributed by atoms with Gasteiger partial charge in [0.1, 0.15) is 11.5 Å². The zero-order valence-electron chi connectivity index (χ0n) is 19.1. The van der Waals surface area contributed by atoms with Crippen LogP contribution in [0.5, 0.6) is 0 Å². The van der Waals surface area contributed by atoms with E-state index in [-0.39, 0.29) is 17.8 Å². The molecule has 1 atom stereocenters. The van der Waals surface area contributed by atoms with Gasteiger partial charge in [-0.1, -0.05) is 110 Å². The quantitative estimate of drug-likeness (QED) is 0.402. The van der Waals surface area contributed by atoms with Crippen molar-refractivity contribution in [1.29, 1.82) is 0 Å². The molecule has 1 amide bonds. The van der Waals surface area contributed by atoms with Crippen LogP contribution in [0.15, 0.2) is 91.0 Å². The monoisotopic (exact) mass is 441 g/mol. The Balaban J connectivity index is 1.87. The molecule has 0 aliphatic heterocycles. The molecule has 0 unspecified atom stereocenters. The molecule has 1 aliphatic carbocycles. The van der Waals surface area contributed by atoms with Gasteiger partial charge < -0.3 is 10.1 Å². The van der Waals surface area contributed by atoms with Gasteiger partial charge >= 0.3 is 5.97 Å². The number of hydrogen-bond donors (Lipinski definition) is 1. The van der Waals surface area contributed by atoms with E-state index < -0.39 is 11.5 Å². The van der Waals surface area contributed by atoms with E-state index in [1.807, 2.05) is 91.0 Å². The molecule has 3 aromatic rings. The van der Waals surface area contributed by atoms with Gasteiger partial charge in [0.05, 0.1) is 7.11 Å². The molecule has 0 radical (unpaired) electrons. The number of rotatable bonds is 7. The van der Waals surface area contributed by atoms with Crippen molar-refractivity contribution < 1.29 is 14.3 Å². The number of nitrogens with one attached hydrogen (secondary N) is 1. The summed E-state index contributed by atoms with van der Waals surface area (Å²) in [6.45, 7) is 0. The zero-order chi connectivity index (χ0) is 23.1. The van der Waals surface area contributed by atoms with Gasteiger partial charge in [0, 0.05) is 0 Å². The molecule has 0 heterocycles. The first-order valence-electron chi connectivity index (χ1n) is 11.7. The lowest BCUT2D eigenvalue weighted by molar-refractivity contribution is -0.147. The Morgan fingerprint density at radius 2 is 1.18 bits per heavy atom. The topological polar surface area (TPSA) is 55.4 Å². The predicted octanol–water partition coefficient (Wildman–Crippen LogP) is 5.26. The van der Waals surface area contributed by atoms with E-state index in [0.29, 0.717) is 0 Å². The van der Waals surface area contributed by atoms with E-state index in [2.05, 4.69) is 5.32 Å². The van der Waals surface area contributed by atoms with Crippen LogP contribution in [0.25, 0.3) is 0 Å². The first kappa shape index (κ1) is 22.8. The van der Waals surface area contributed by atoms with Crippen LogP contribution in [0.1, 0.15) is 48.8 Å². The van der Waals surface area contributed by atoms with Gasteiger partial charge in [-0.15, -0.1) is 0 Å². The molecule has 3 aromatic carbocycles. The lowest BCUT2D eigenvalue weighted by Crippen LogP contribution is -2.54. The molecule has 0 bridgehead atoms. The maximum absolute atomic E-state index is 14.4. The van der Waals surface area contributed by atoms with Crippen LogP contribution in [0, 0.1) is 5.92 Å². The molecule has 4 nitrogen and oxygen atoms in total. The fourth-order valence-electron chi connectivity index (χ4n) is 5.17. The number of amides is 1. The first-order valence-corrected chi connectivity index (χ1v) is 11.7. The van der Waals surface area contributed by atoms with Crippen LogP contribution in [0.4, 0.5) is 0 Å². The summed E-state index contributed by atoms with van der Waals surface area (Å²) in [5.74, 6) is -0.513. The van der Waals surface area contributed by atoms with Crippen LogP contribution in [-0.4, -0.2) is 25.0 Å². The number of esters is 1. The van der Waals surface area contributed by atoms with Crippen LogP contribution in [-0.2, 0) is 19.7 Å². The van der Waals surface area contributed by atoms with E-state index in [0.717, 1.165) is 42.4 Å². The molecule has 1 saturated carbocycles. The Morgan fingerprint density at radius 3 is 1.58 bits per heavy atom. The smallest absolute Gasteiger partial charge is 0.328 e. The average Bonchev–Trinajstić information content (AvgIpc) is 2.90. The molecule has 0 aromatic heterocycles. The Labute approximate surface area is 196 Å². The number of carbonyl (C=O) groups excluding carboxylic acids is 2. The van der Waals surface area contributed by atoms with Crippen molar-refractivity contribution in [2.75, 3.05) is 7.11 Å². The van der Waals surface area contributed by atoms with Crippen LogP contribution >= 0.6 is 0 Å². The number of methoxy groups -OCH3 is 1. The second-order valence-corrected chi connectivity index (χ2v) is 8.72. The highest BCUT2D eigenvalue weighted by atomic mass is 16.5. The summed E-state index contributed by atoms with van der Waals surface area (Å²) in [7, 11) is 1.39. The van der Waals surface area contributed by atoms with Gasteiger partial charge in [-0.05, 0) is 35.4 Å². The van der Waals surface area contributed by atoms with E-state index >= 15 is 0 Å². The second-order valence-electron chi connectivity index (χ2n) is 8.72.